The van der Waals surface area contributed by atoms with Crippen molar-refractivity contribution < 1.29 is 9.84 Å². The zero-order valence-corrected chi connectivity index (χ0v) is 14.8. The molecule has 0 aromatic heterocycles. The van der Waals surface area contributed by atoms with E-state index in [1.54, 1.807) is 0 Å². The van der Waals surface area contributed by atoms with Crippen molar-refractivity contribution in [1.82, 2.24) is 0 Å². The highest BCUT2D eigenvalue weighted by Crippen LogP contribution is 2.23. The van der Waals surface area contributed by atoms with Gasteiger partial charge >= 0.3 is 0 Å². The molecule has 0 aliphatic heterocycles. The molecule has 0 radical (unpaired) electrons. The zero-order valence-electron chi connectivity index (χ0n) is 13.3. The van der Waals surface area contributed by atoms with Gasteiger partial charge in [0.2, 0.25) is 0 Å². The van der Waals surface area contributed by atoms with Crippen LogP contribution in [0.3, 0.4) is 0 Å². The Morgan fingerprint density at radius 3 is 2.83 bits per heavy atom. The van der Waals surface area contributed by atoms with Gasteiger partial charge in [-0.15, -0.1) is 6.58 Å². The molecule has 0 saturated heterocycles. The van der Waals surface area contributed by atoms with Crippen LogP contribution in [0.4, 0.5) is 5.69 Å². The van der Waals surface area contributed by atoms with Crippen LogP contribution in [-0.2, 0) is 6.42 Å². The van der Waals surface area contributed by atoms with E-state index in [2.05, 4.69) is 27.8 Å². The summed E-state index contributed by atoms with van der Waals surface area (Å²) in [4.78, 5) is 0. The van der Waals surface area contributed by atoms with E-state index in [1.807, 2.05) is 55.5 Å². The largest absolute Gasteiger partial charge is 0.491 e. The Hall–Kier alpha value is -1.78. The summed E-state index contributed by atoms with van der Waals surface area (Å²) in [6.07, 6.45) is 2.00. The molecule has 1 unspecified atom stereocenters. The molecule has 0 fully saturated rings. The third kappa shape index (κ3) is 5.41. The first-order valence-electron chi connectivity index (χ1n) is 7.60. The molecule has 2 N–H and O–H groups in total. The zero-order chi connectivity index (χ0) is 16.7. The molecule has 23 heavy (non-hydrogen) atoms. The highest BCUT2D eigenvalue weighted by molar-refractivity contribution is 9.10. The van der Waals surface area contributed by atoms with E-state index < -0.39 is 6.10 Å². The number of aliphatic hydroxyl groups is 1. The molecule has 0 heterocycles. The standard InChI is InChI=1S/C19H22BrNO2/c1-3-6-15-7-4-5-8-19(15)23-13-16(22)12-21-18-10-9-14(2)11-17(18)20/h3-5,7-11,16,21-22H,1,6,12-13H2,2H3. The fourth-order valence-electron chi connectivity index (χ4n) is 2.20. The van der Waals surface area contributed by atoms with Crippen molar-refractivity contribution in [1.29, 1.82) is 0 Å². The minimum absolute atomic E-state index is 0.241. The first-order chi connectivity index (χ1) is 11.1. The predicted octanol–water partition coefficient (Wildman–Crippen LogP) is 4.34. The lowest BCUT2D eigenvalue weighted by Crippen LogP contribution is -2.26. The van der Waals surface area contributed by atoms with Gasteiger partial charge in [0.15, 0.2) is 0 Å². The lowest BCUT2D eigenvalue weighted by Gasteiger charge is -2.16. The van der Waals surface area contributed by atoms with Crippen LogP contribution in [0.2, 0.25) is 0 Å². The van der Waals surface area contributed by atoms with Crippen LogP contribution in [-0.4, -0.2) is 24.4 Å². The minimum atomic E-state index is -0.597. The molecule has 4 heteroatoms. The van der Waals surface area contributed by atoms with Crippen molar-refractivity contribution in [3.05, 3.63) is 70.7 Å². The fraction of sp³-hybridized carbons (Fsp3) is 0.263. The molecule has 0 saturated carbocycles. The third-order valence-corrected chi connectivity index (χ3v) is 4.08. The van der Waals surface area contributed by atoms with Gasteiger partial charge < -0.3 is 15.2 Å². The van der Waals surface area contributed by atoms with Crippen molar-refractivity contribution in [3.8, 4) is 5.75 Å². The van der Waals surface area contributed by atoms with Crippen LogP contribution in [0, 0.1) is 6.92 Å². The number of hydrogen-bond donors (Lipinski definition) is 2. The van der Waals surface area contributed by atoms with E-state index in [1.165, 1.54) is 5.56 Å². The van der Waals surface area contributed by atoms with E-state index in [-0.39, 0.29) is 6.61 Å². The molecule has 0 amide bonds. The summed E-state index contributed by atoms with van der Waals surface area (Å²) in [5.74, 6) is 0.794. The topological polar surface area (TPSA) is 41.5 Å². The van der Waals surface area contributed by atoms with Crippen LogP contribution >= 0.6 is 15.9 Å². The van der Waals surface area contributed by atoms with Crippen molar-refractivity contribution in [3.63, 3.8) is 0 Å². The Kier molecular flexibility index (Phi) is 6.68. The Morgan fingerprint density at radius 2 is 2.09 bits per heavy atom. The summed E-state index contributed by atoms with van der Waals surface area (Å²) in [7, 11) is 0. The van der Waals surface area contributed by atoms with Crippen LogP contribution in [0.25, 0.3) is 0 Å². The molecule has 0 spiro atoms. The summed E-state index contributed by atoms with van der Waals surface area (Å²) >= 11 is 3.51. The summed E-state index contributed by atoms with van der Waals surface area (Å²) in [6.45, 7) is 6.45. The van der Waals surface area contributed by atoms with Gasteiger partial charge in [0.1, 0.15) is 18.5 Å². The predicted molar refractivity (Wildman–Crippen MR) is 99.2 cm³/mol. The number of hydrogen-bond acceptors (Lipinski definition) is 3. The first kappa shape index (κ1) is 17.6. The van der Waals surface area contributed by atoms with E-state index in [4.69, 9.17) is 4.74 Å². The Labute approximate surface area is 146 Å². The molecular formula is C19H22BrNO2. The van der Waals surface area contributed by atoms with E-state index in [0.29, 0.717) is 6.54 Å². The maximum atomic E-state index is 10.1. The fourth-order valence-corrected chi connectivity index (χ4v) is 2.84. The van der Waals surface area contributed by atoms with E-state index in [0.717, 1.165) is 27.9 Å². The summed E-state index contributed by atoms with van der Waals surface area (Å²) in [5.41, 5.74) is 3.22. The lowest BCUT2D eigenvalue weighted by molar-refractivity contribution is 0.117. The number of para-hydroxylation sites is 1. The number of allylic oxidation sites excluding steroid dienone is 1. The number of aliphatic hydroxyl groups excluding tert-OH is 1. The summed E-state index contributed by atoms with van der Waals surface area (Å²) in [6, 6.07) is 13.9. The number of aryl methyl sites for hydroxylation is 1. The van der Waals surface area contributed by atoms with Crippen molar-refractivity contribution in [2.45, 2.75) is 19.4 Å². The first-order valence-corrected chi connectivity index (χ1v) is 8.39. The van der Waals surface area contributed by atoms with E-state index >= 15 is 0 Å². The minimum Gasteiger partial charge on any atom is -0.491 e. The van der Waals surface area contributed by atoms with Crippen LogP contribution in [0.15, 0.2) is 59.6 Å². The maximum Gasteiger partial charge on any atom is 0.122 e. The molecule has 122 valence electrons. The number of halogens is 1. The molecule has 0 bridgehead atoms. The van der Waals surface area contributed by atoms with Crippen LogP contribution in [0.5, 0.6) is 5.75 Å². The molecule has 0 aliphatic carbocycles. The van der Waals surface area contributed by atoms with Gasteiger partial charge in [-0.2, -0.15) is 0 Å². The number of ether oxygens (including phenoxy) is 1. The Balaban J connectivity index is 1.85. The quantitative estimate of drug-likeness (QED) is 0.674. The molecule has 3 nitrogen and oxygen atoms in total. The van der Waals surface area contributed by atoms with E-state index in [9.17, 15) is 5.11 Å². The van der Waals surface area contributed by atoms with Crippen LogP contribution < -0.4 is 10.1 Å². The summed E-state index contributed by atoms with van der Waals surface area (Å²) in [5, 5.41) is 13.3. The lowest BCUT2D eigenvalue weighted by atomic mass is 10.1. The second-order valence-electron chi connectivity index (χ2n) is 5.43. The molecular weight excluding hydrogens is 354 g/mol. The normalized spacial score (nSPS) is 11.8. The van der Waals surface area contributed by atoms with Gasteiger partial charge in [-0.1, -0.05) is 30.3 Å². The smallest absolute Gasteiger partial charge is 0.122 e. The maximum absolute atomic E-state index is 10.1. The van der Waals surface area contributed by atoms with Crippen molar-refractivity contribution >= 4 is 21.6 Å². The van der Waals surface area contributed by atoms with Gasteiger partial charge in [-0.3, -0.25) is 0 Å². The Bertz CT molecular complexity index is 658. The average Bonchev–Trinajstić information content (AvgIpc) is 2.53. The van der Waals surface area contributed by atoms with Crippen molar-refractivity contribution in [2.24, 2.45) is 0 Å². The SMILES string of the molecule is C=CCc1ccccc1OCC(O)CNc1ccc(C)cc1Br. The average molecular weight is 376 g/mol. The van der Waals surface area contributed by atoms with Gasteiger partial charge in [-0.05, 0) is 58.6 Å². The Morgan fingerprint density at radius 1 is 1.30 bits per heavy atom. The second-order valence-corrected chi connectivity index (χ2v) is 6.28. The monoisotopic (exact) mass is 375 g/mol. The van der Waals surface area contributed by atoms with Crippen LogP contribution in [0.1, 0.15) is 11.1 Å². The van der Waals surface area contributed by atoms with Crippen molar-refractivity contribution in [2.75, 3.05) is 18.5 Å². The number of benzene rings is 2. The summed E-state index contributed by atoms with van der Waals surface area (Å²) < 4.78 is 6.73. The molecule has 0 aliphatic rings. The molecule has 1 atom stereocenters. The number of rotatable bonds is 8. The number of anilines is 1. The highest BCUT2D eigenvalue weighted by Gasteiger charge is 2.08. The van der Waals surface area contributed by atoms with Gasteiger partial charge in [0, 0.05) is 16.7 Å². The molecule has 2 rings (SSSR count). The second kappa shape index (κ2) is 8.75. The molecule has 2 aromatic carbocycles. The number of nitrogens with one attached hydrogen (secondary N) is 1. The third-order valence-electron chi connectivity index (χ3n) is 3.42. The van der Waals surface area contributed by atoms with Gasteiger partial charge in [0.05, 0.1) is 0 Å². The van der Waals surface area contributed by atoms with Gasteiger partial charge in [0.25, 0.3) is 0 Å². The molecule has 2 aromatic rings. The van der Waals surface area contributed by atoms with Gasteiger partial charge in [-0.25, -0.2) is 0 Å². The highest BCUT2D eigenvalue weighted by atomic mass is 79.9.